The van der Waals surface area contributed by atoms with Gasteiger partial charge < -0.3 is 15.2 Å². The topological polar surface area (TPSA) is 100 Å². The van der Waals surface area contributed by atoms with Crippen molar-refractivity contribution in [3.05, 3.63) is 107 Å². The maximum Gasteiger partial charge on any atom is 0.435 e. The fourth-order valence-corrected chi connectivity index (χ4v) is 3.84. The van der Waals surface area contributed by atoms with Crippen LogP contribution in [0.5, 0.6) is 5.75 Å². The summed E-state index contributed by atoms with van der Waals surface area (Å²) in [6.07, 6.45) is -3.84. The van der Waals surface area contributed by atoms with Gasteiger partial charge in [-0.15, -0.1) is 0 Å². The van der Waals surface area contributed by atoms with Crippen molar-refractivity contribution in [2.75, 3.05) is 11.9 Å². The van der Waals surface area contributed by atoms with Crippen molar-refractivity contribution in [1.29, 1.82) is 5.26 Å². The van der Waals surface area contributed by atoms with Crippen molar-refractivity contribution in [3.8, 4) is 17.5 Å². The molecule has 0 bridgehead atoms. The summed E-state index contributed by atoms with van der Waals surface area (Å²) in [6, 6.07) is 21.7. The van der Waals surface area contributed by atoms with Crippen LogP contribution in [-0.4, -0.2) is 27.4 Å². The average Bonchev–Trinajstić information content (AvgIpc) is 3.40. The van der Waals surface area contributed by atoms with Gasteiger partial charge in [0.2, 0.25) is 0 Å². The first-order valence-corrected chi connectivity index (χ1v) is 12.2. The molecule has 3 aromatic carbocycles. The molecule has 0 fully saturated rings. The zero-order valence-corrected chi connectivity index (χ0v) is 20.9. The molecule has 1 aromatic heterocycles. The summed E-state index contributed by atoms with van der Waals surface area (Å²) in [5.74, 6) is -0.156. The second kappa shape index (κ2) is 11.8. The number of halogens is 3. The highest BCUT2D eigenvalue weighted by Gasteiger charge is 2.36. The lowest BCUT2D eigenvalue weighted by Gasteiger charge is -2.14. The van der Waals surface area contributed by atoms with Gasteiger partial charge in [-0.3, -0.25) is 4.79 Å². The molecule has 1 amide bonds. The van der Waals surface area contributed by atoms with Gasteiger partial charge in [-0.2, -0.15) is 23.5 Å². The molecule has 4 aromatic rings. The van der Waals surface area contributed by atoms with Gasteiger partial charge >= 0.3 is 6.18 Å². The van der Waals surface area contributed by atoms with Crippen LogP contribution in [0, 0.1) is 11.3 Å². The van der Waals surface area contributed by atoms with E-state index in [1.54, 1.807) is 42.5 Å². The van der Waals surface area contributed by atoms with E-state index in [0.29, 0.717) is 29.5 Å². The van der Waals surface area contributed by atoms with Crippen LogP contribution in [0.15, 0.2) is 78.9 Å². The van der Waals surface area contributed by atoms with E-state index in [4.69, 9.17) is 10.00 Å². The minimum atomic E-state index is -4.78. The van der Waals surface area contributed by atoms with Crippen molar-refractivity contribution >= 4 is 11.6 Å². The number of hydrogen-bond acceptors (Lipinski definition) is 5. The smallest absolute Gasteiger partial charge is 0.435 e. The van der Waals surface area contributed by atoms with Gasteiger partial charge in [0.1, 0.15) is 17.5 Å². The molecule has 0 aliphatic heterocycles. The number of nitriles is 1. The van der Waals surface area contributed by atoms with Gasteiger partial charge in [-0.25, -0.2) is 4.68 Å². The number of aliphatic hydroxyl groups excluding tert-OH is 1. The van der Waals surface area contributed by atoms with Crippen LogP contribution in [0.4, 0.5) is 18.9 Å². The normalized spacial score (nSPS) is 12.0. The predicted octanol–water partition coefficient (Wildman–Crippen LogP) is 6.28. The van der Waals surface area contributed by atoms with Gasteiger partial charge in [-0.05, 0) is 60.0 Å². The Morgan fingerprint density at radius 2 is 1.82 bits per heavy atom. The molecule has 0 saturated carbocycles. The number of nitrogens with zero attached hydrogens (tertiary/aromatic N) is 3. The SMILES string of the molecule is CCCCOc1ccc(C(O)c2cccc(NC(=O)c3cc(C(F)(F)F)nn3-c3cccc(C#N)c3)c2)cc1. The van der Waals surface area contributed by atoms with Crippen LogP contribution in [-0.2, 0) is 6.18 Å². The summed E-state index contributed by atoms with van der Waals surface area (Å²) in [5, 5.41) is 26.2. The van der Waals surface area contributed by atoms with E-state index in [1.807, 2.05) is 6.07 Å². The van der Waals surface area contributed by atoms with E-state index < -0.39 is 23.9 Å². The van der Waals surface area contributed by atoms with Gasteiger partial charge in [0.25, 0.3) is 5.91 Å². The standard InChI is InChI=1S/C29H25F3N4O3/c1-2-3-14-39-24-12-10-20(11-13-24)27(37)21-7-5-8-22(16-21)34-28(38)25-17-26(29(30,31)32)35-36(25)23-9-4-6-19(15-23)18-33/h4-13,15-17,27,37H,2-3,14H2,1H3,(H,34,38). The third kappa shape index (κ3) is 6.64. The van der Waals surface area contributed by atoms with Crippen LogP contribution < -0.4 is 10.1 Å². The lowest BCUT2D eigenvalue weighted by atomic mass is 10.0. The molecule has 1 unspecified atom stereocenters. The number of aliphatic hydroxyl groups is 1. The molecule has 4 rings (SSSR count). The number of nitrogens with one attached hydrogen (secondary N) is 1. The zero-order chi connectivity index (χ0) is 28.0. The average molecular weight is 535 g/mol. The van der Waals surface area contributed by atoms with E-state index in [0.717, 1.165) is 17.5 Å². The Kier molecular flexibility index (Phi) is 8.32. The molecule has 39 heavy (non-hydrogen) atoms. The van der Waals surface area contributed by atoms with E-state index in [-0.39, 0.29) is 22.6 Å². The van der Waals surface area contributed by atoms with E-state index in [2.05, 4.69) is 17.3 Å². The van der Waals surface area contributed by atoms with Gasteiger partial charge in [-0.1, -0.05) is 43.7 Å². The molecule has 0 aliphatic carbocycles. The Bertz CT molecular complexity index is 1490. The van der Waals surface area contributed by atoms with Crippen molar-refractivity contribution in [1.82, 2.24) is 9.78 Å². The highest BCUT2D eigenvalue weighted by molar-refractivity contribution is 6.03. The van der Waals surface area contributed by atoms with Crippen molar-refractivity contribution < 1.29 is 27.8 Å². The molecule has 200 valence electrons. The second-order valence-corrected chi connectivity index (χ2v) is 8.74. The number of benzene rings is 3. The number of ether oxygens (including phenoxy) is 1. The lowest BCUT2D eigenvalue weighted by molar-refractivity contribution is -0.141. The number of amides is 1. The number of aromatic nitrogens is 2. The van der Waals surface area contributed by atoms with E-state index >= 15 is 0 Å². The van der Waals surface area contributed by atoms with Crippen molar-refractivity contribution in [2.45, 2.75) is 32.0 Å². The fourth-order valence-electron chi connectivity index (χ4n) is 3.84. The third-order valence-electron chi connectivity index (χ3n) is 5.87. The van der Waals surface area contributed by atoms with E-state index in [9.17, 15) is 23.1 Å². The Hall–Kier alpha value is -4.62. The molecule has 10 heteroatoms. The molecule has 7 nitrogen and oxygen atoms in total. The fraction of sp³-hybridized carbons (Fsp3) is 0.207. The number of carbonyl (C=O) groups is 1. The minimum absolute atomic E-state index is 0.126. The molecule has 0 aliphatic rings. The highest BCUT2D eigenvalue weighted by atomic mass is 19.4. The Morgan fingerprint density at radius 1 is 1.08 bits per heavy atom. The largest absolute Gasteiger partial charge is 0.494 e. The predicted molar refractivity (Wildman–Crippen MR) is 139 cm³/mol. The maximum atomic E-state index is 13.4. The summed E-state index contributed by atoms with van der Waals surface area (Å²) in [7, 11) is 0. The number of unbranched alkanes of at least 4 members (excludes halogenated alkanes) is 1. The summed E-state index contributed by atoms with van der Waals surface area (Å²) >= 11 is 0. The molecule has 0 saturated heterocycles. The first kappa shape index (κ1) is 27.4. The number of alkyl halides is 3. The van der Waals surface area contributed by atoms with Gasteiger partial charge in [0.05, 0.1) is 23.9 Å². The summed E-state index contributed by atoms with van der Waals surface area (Å²) in [4.78, 5) is 13.1. The Balaban J connectivity index is 1.57. The minimum Gasteiger partial charge on any atom is -0.494 e. The van der Waals surface area contributed by atoms with Gasteiger partial charge in [0, 0.05) is 11.8 Å². The second-order valence-electron chi connectivity index (χ2n) is 8.74. The maximum absolute atomic E-state index is 13.4. The molecular weight excluding hydrogens is 509 g/mol. The molecule has 0 radical (unpaired) electrons. The van der Waals surface area contributed by atoms with Crippen LogP contribution >= 0.6 is 0 Å². The van der Waals surface area contributed by atoms with Crippen molar-refractivity contribution in [3.63, 3.8) is 0 Å². The Labute approximate surface area is 223 Å². The first-order valence-electron chi connectivity index (χ1n) is 12.2. The number of rotatable bonds is 9. The lowest BCUT2D eigenvalue weighted by Crippen LogP contribution is -2.17. The molecule has 1 atom stereocenters. The zero-order valence-electron chi connectivity index (χ0n) is 20.9. The molecular formula is C29H25F3N4O3. The molecule has 0 spiro atoms. The molecule has 1 heterocycles. The number of hydrogen-bond donors (Lipinski definition) is 2. The highest BCUT2D eigenvalue weighted by Crippen LogP contribution is 2.31. The van der Waals surface area contributed by atoms with Crippen LogP contribution in [0.2, 0.25) is 0 Å². The third-order valence-corrected chi connectivity index (χ3v) is 5.87. The molecule has 2 N–H and O–H groups in total. The number of anilines is 1. The summed E-state index contributed by atoms with van der Waals surface area (Å²) in [6.45, 7) is 2.68. The Morgan fingerprint density at radius 3 is 2.51 bits per heavy atom. The van der Waals surface area contributed by atoms with Crippen LogP contribution in [0.1, 0.15) is 58.7 Å². The summed E-state index contributed by atoms with van der Waals surface area (Å²) in [5.41, 5.74) is 0.0443. The van der Waals surface area contributed by atoms with Crippen LogP contribution in [0.25, 0.3) is 5.69 Å². The van der Waals surface area contributed by atoms with E-state index in [1.165, 1.54) is 30.3 Å². The monoisotopic (exact) mass is 534 g/mol. The number of carbonyl (C=O) groups excluding carboxylic acids is 1. The van der Waals surface area contributed by atoms with Crippen LogP contribution in [0.3, 0.4) is 0 Å². The first-order chi connectivity index (χ1) is 18.7. The quantitative estimate of drug-likeness (QED) is 0.246. The van der Waals surface area contributed by atoms with Crippen molar-refractivity contribution in [2.24, 2.45) is 0 Å². The summed E-state index contributed by atoms with van der Waals surface area (Å²) < 4.78 is 46.8. The van der Waals surface area contributed by atoms with Gasteiger partial charge in [0.15, 0.2) is 5.69 Å².